The van der Waals surface area contributed by atoms with E-state index >= 15 is 0 Å². The number of benzene rings is 3. The molecular weight excluding hydrogens is 476 g/mol. The maximum Gasteiger partial charge on any atom is 0.243 e. The number of sulfonamides is 1. The summed E-state index contributed by atoms with van der Waals surface area (Å²) >= 11 is 6.16. The van der Waals surface area contributed by atoms with E-state index in [2.05, 4.69) is 5.32 Å². The molecule has 0 aliphatic carbocycles. The van der Waals surface area contributed by atoms with Crippen LogP contribution in [-0.4, -0.2) is 45.9 Å². The molecule has 0 spiro atoms. The monoisotopic (exact) mass is 502 g/mol. The first kappa shape index (κ1) is 25.6. The number of hydrogen-bond donors (Lipinski definition) is 1. The first-order chi connectivity index (χ1) is 16.3. The van der Waals surface area contributed by atoms with Crippen LogP contribution in [0.2, 0.25) is 5.02 Å². The second-order valence-electron chi connectivity index (χ2n) is 7.50. The van der Waals surface area contributed by atoms with Gasteiger partial charge in [-0.15, -0.1) is 0 Å². The van der Waals surface area contributed by atoms with Crippen LogP contribution in [-0.2, 0) is 27.8 Å². The average molecular weight is 503 g/mol. The summed E-state index contributed by atoms with van der Waals surface area (Å²) in [6.07, 6.45) is 0.454. The smallest absolute Gasteiger partial charge is 0.243 e. The number of nitrogens with one attached hydrogen (secondary N) is 1. The Kier molecular flexibility index (Phi) is 8.92. The molecule has 9 heteroatoms. The molecule has 0 radical (unpaired) electrons. The number of carbonyl (C=O) groups is 1. The number of ether oxygens (including phenoxy) is 2. The minimum Gasteiger partial charge on any atom is -0.497 e. The molecule has 0 unspecified atom stereocenters. The lowest BCUT2D eigenvalue weighted by atomic mass is 10.1. The lowest BCUT2D eigenvalue weighted by molar-refractivity contribution is -0.121. The van der Waals surface area contributed by atoms with Crippen LogP contribution >= 0.6 is 11.6 Å². The summed E-state index contributed by atoms with van der Waals surface area (Å²) in [5.74, 6) is 0.673. The number of rotatable bonds is 11. The summed E-state index contributed by atoms with van der Waals surface area (Å²) in [4.78, 5) is 12.7. The SMILES string of the molecule is COc1ccc(CNC(=O)CN(CCc2ccccc2)S(=O)(=O)c2ccc(OC)c(Cl)c2)cc1. The lowest BCUT2D eigenvalue weighted by Crippen LogP contribution is -2.41. The number of hydrogen-bond acceptors (Lipinski definition) is 5. The van der Waals surface area contributed by atoms with Gasteiger partial charge in [-0.1, -0.05) is 54.1 Å². The summed E-state index contributed by atoms with van der Waals surface area (Å²) in [7, 11) is -0.956. The molecule has 0 fully saturated rings. The molecule has 3 rings (SSSR count). The van der Waals surface area contributed by atoms with Crippen LogP contribution in [0.3, 0.4) is 0 Å². The van der Waals surface area contributed by atoms with Gasteiger partial charge in [0, 0.05) is 13.1 Å². The van der Waals surface area contributed by atoms with Crippen molar-refractivity contribution < 1.29 is 22.7 Å². The number of methoxy groups -OCH3 is 2. The summed E-state index contributed by atoms with van der Waals surface area (Å²) in [6.45, 7) is 0.0741. The normalized spacial score (nSPS) is 11.3. The van der Waals surface area contributed by atoms with Gasteiger partial charge in [-0.3, -0.25) is 4.79 Å². The lowest BCUT2D eigenvalue weighted by Gasteiger charge is -2.22. The fourth-order valence-electron chi connectivity index (χ4n) is 3.30. The second-order valence-corrected chi connectivity index (χ2v) is 9.84. The van der Waals surface area contributed by atoms with Gasteiger partial charge in [-0.05, 0) is 47.9 Å². The van der Waals surface area contributed by atoms with Crippen molar-refractivity contribution in [2.45, 2.75) is 17.9 Å². The first-order valence-corrected chi connectivity index (χ1v) is 12.4. The highest BCUT2D eigenvalue weighted by Gasteiger charge is 2.27. The first-order valence-electron chi connectivity index (χ1n) is 10.6. The van der Waals surface area contributed by atoms with E-state index in [0.717, 1.165) is 11.1 Å². The Hall–Kier alpha value is -3.07. The van der Waals surface area contributed by atoms with Crippen LogP contribution in [0, 0.1) is 0 Å². The number of amides is 1. The van der Waals surface area contributed by atoms with Gasteiger partial charge in [0.2, 0.25) is 15.9 Å². The molecule has 7 nitrogen and oxygen atoms in total. The van der Waals surface area contributed by atoms with Crippen LogP contribution in [0.1, 0.15) is 11.1 Å². The van der Waals surface area contributed by atoms with Gasteiger partial charge >= 0.3 is 0 Å². The average Bonchev–Trinajstić information content (AvgIpc) is 2.86. The summed E-state index contributed by atoms with van der Waals surface area (Å²) in [5.41, 5.74) is 1.84. The summed E-state index contributed by atoms with van der Waals surface area (Å²) < 4.78 is 38.3. The Balaban J connectivity index is 1.76. The molecule has 0 aromatic heterocycles. The van der Waals surface area contributed by atoms with Crippen LogP contribution < -0.4 is 14.8 Å². The largest absolute Gasteiger partial charge is 0.497 e. The second kappa shape index (κ2) is 11.9. The molecule has 0 saturated heterocycles. The Morgan fingerprint density at radius 3 is 2.26 bits per heavy atom. The van der Waals surface area contributed by atoms with Crippen molar-refractivity contribution in [1.29, 1.82) is 0 Å². The van der Waals surface area contributed by atoms with Gasteiger partial charge in [-0.2, -0.15) is 4.31 Å². The van der Waals surface area contributed by atoms with E-state index in [0.29, 0.717) is 17.9 Å². The highest BCUT2D eigenvalue weighted by Crippen LogP contribution is 2.28. The van der Waals surface area contributed by atoms with Crippen molar-refractivity contribution >= 4 is 27.5 Å². The van der Waals surface area contributed by atoms with E-state index in [4.69, 9.17) is 21.1 Å². The molecule has 0 saturated carbocycles. The van der Waals surface area contributed by atoms with Crippen molar-refractivity contribution in [2.24, 2.45) is 0 Å². The predicted molar refractivity (Wildman–Crippen MR) is 132 cm³/mol. The Bertz CT molecular complexity index is 1200. The minimum atomic E-state index is -3.99. The molecule has 3 aromatic carbocycles. The van der Waals surface area contributed by atoms with E-state index < -0.39 is 15.9 Å². The van der Waals surface area contributed by atoms with Gasteiger partial charge < -0.3 is 14.8 Å². The molecular formula is C25H27ClN2O5S. The van der Waals surface area contributed by atoms with Gasteiger partial charge in [0.05, 0.1) is 30.7 Å². The molecule has 0 aliphatic rings. The third-order valence-electron chi connectivity index (χ3n) is 5.22. The predicted octanol–water partition coefficient (Wildman–Crippen LogP) is 3.91. The molecule has 180 valence electrons. The van der Waals surface area contributed by atoms with Crippen molar-refractivity contribution in [1.82, 2.24) is 9.62 Å². The fraction of sp³-hybridized carbons (Fsp3) is 0.240. The summed E-state index contributed by atoms with van der Waals surface area (Å²) in [5, 5.41) is 2.96. The Morgan fingerprint density at radius 2 is 1.65 bits per heavy atom. The van der Waals surface area contributed by atoms with E-state index in [1.54, 1.807) is 19.2 Å². The number of carbonyl (C=O) groups excluding carboxylic acids is 1. The minimum absolute atomic E-state index is 0.00526. The van der Waals surface area contributed by atoms with Crippen LogP contribution in [0.4, 0.5) is 0 Å². The fourth-order valence-corrected chi connectivity index (χ4v) is 5.05. The van der Waals surface area contributed by atoms with Crippen molar-refractivity contribution in [3.63, 3.8) is 0 Å². The van der Waals surface area contributed by atoms with E-state index in [9.17, 15) is 13.2 Å². The third-order valence-corrected chi connectivity index (χ3v) is 7.36. The maximum atomic E-state index is 13.4. The number of nitrogens with zero attached hydrogens (tertiary/aromatic N) is 1. The molecule has 0 atom stereocenters. The molecule has 34 heavy (non-hydrogen) atoms. The van der Waals surface area contributed by atoms with Crippen LogP contribution in [0.15, 0.2) is 77.7 Å². The molecule has 0 heterocycles. The molecule has 3 aromatic rings. The quantitative estimate of drug-likeness (QED) is 0.430. The molecule has 1 amide bonds. The number of halogens is 1. The van der Waals surface area contributed by atoms with E-state index in [-0.39, 0.29) is 29.6 Å². The highest BCUT2D eigenvalue weighted by atomic mass is 35.5. The maximum absolute atomic E-state index is 13.4. The van der Waals surface area contributed by atoms with Gasteiger partial charge in [0.25, 0.3) is 0 Å². The van der Waals surface area contributed by atoms with Crippen molar-refractivity contribution in [3.8, 4) is 11.5 Å². The zero-order valence-corrected chi connectivity index (χ0v) is 20.6. The topological polar surface area (TPSA) is 84.9 Å². The molecule has 1 N–H and O–H groups in total. The van der Waals surface area contributed by atoms with E-state index in [1.165, 1.54) is 29.6 Å². The molecule has 0 bridgehead atoms. The standard InChI is InChI=1S/C25H27ClN2O5S/c1-32-21-10-8-20(9-11-21)17-27-25(29)18-28(15-14-19-6-4-3-5-7-19)34(30,31)22-12-13-24(33-2)23(26)16-22/h3-13,16H,14-15,17-18H2,1-2H3,(H,27,29). The van der Waals surface area contributed by atoms with Gasteiger partial charge in [-0.25, -0.2) is 8.42 Å². The Labute approximate surface area is 205 Å². The Morgan fingerprint density at radius 1 is 0.941 bits per heavy atom. The van der Waals surface area contributed by atoms with E-state index in [1.807, 2.05) is 42.5 Å². The zero-order chi connectivity index (χ0) is 24.6. The van der Waals surface area contributed by atoms with Crippen LogP contribution in [0.25, 0.3) is 0 Å². The van der Waals surface area contributed by atoms with Crippen LogP contribution in [0.5, 0.6) is 11.5 Å². The molecule has 0 aliphatic heterocycles. The zero-order valence-electron chi connectivity index (χ0n) is 19.0. The highest BCUT2D eigenvalue weighted by molar-refractivity contribution is 7.89. The van der Waals surface area contributed by atoms with Crippen molar-refractivity contribution in [3.05, 3.63) is 88.9 Å². The van der Waals surface area contributed by atoms with Gasteiger partial charge in [0.15, 0.2) is 0 Å². The van der Waals surface area contributed by atoms with Gasteiger partial charge in [0.1, 0.15) is 11.5 Å². The van der Waals surface area contributed by atoms with Crippen molar-refractivity contribution in [2.75, 3.05) is 27.3 Å². The third kappa shape index (κ3) is 6.72. The summed E-state index contributed by atoms with van der Waals surface area (Å²) in [6, 6.07) is 21.0.